The Balaban J connectivity index is 1.87. The van der Waals surface area contributed by atoms with Gasteiger partial charge in [0.1, 0.15) is 0 Å². The molecule has 0 aliphatic carbocycles. The van der Waals surface area contributed by atoms with Gasteiger partial charge in [-0.1, -0.05) is 30.3 Å². The van der Waals surface area contributed by atoms with Crippen LogP contribution in [0, 0.1) is 6.92 Å². The van der Waals surface area contributed by atoms with E-state index in [1.807, 2.05) is 37.3 Å². The molecule has 0 atom stereocenters. The number of aromatic amines is 1. The highest BCUT2D eigenvalue weighted by Gasteiger charge is 2.16. The number of aryl methyl sites for hydroxylation is 1. The Morgan fingerprint density at radius 1 is 1.24 bits per heavy atom. The largest absolute Gasteiger partial charge is 0.378 e. The SMILES string of the molecule is Cc1nc(N2CCOCC2)[nH]c(=O)c1Cc1ccccc1. The molecule has 1 aromatic carbocycles. The molecular weight excluding hydrogens is 266 g/mol. The van der Waals surface area contributed by atoms with Gasteiger partial charge >= 0.3 is 0 Å². The molecule has 5 nitrogen and oxygen atoms in total. The van der Waals surface area contributed by atoms with E-state index in [1.54, 1.807) is 0 Å². The zero-order valence-corrected chi connectivity index (χ0v) is 12.1. The smallest absolute Gasteiger partial charge is 0.256 e. The van der Waals surface area contributed by atoms with Gasteiger partial charge in [0.25, 0.3) is 5.56 Å². The number of nitrogens with one attached hydrogen (secondary N) is 1. The Morgan fingerprint density at radius 2 is 1.95 bits per heavy atom. The van der Waals surface area contributed by atoms with Gasteiger partial charge in [-0.05, 0) is 12.5 Å². The first-order chi connectivity index (χ1) is 10.2. The predicted molar refractivity (Wildman–Crippen MR) is 81.9 cm³/mol. The van der Waals surface area contributed by atoms with Gasteiger partial charge in [-0.2, -0.15) is 0 Å². The third-order valence-corrected chi connectivity index (χ3v) is 3.74. The molecule has 1 saturated heterocycles. The molecule has 5 heteroatoms. The molecule has 1 aromatic heterocycles. The summed E-state index contributed by atoms with van der Waals surface area (Å²) in [5.41, 5.74) is 2.60. The molecule has 0 unspecified atom stereocenters. The summed E-state index contributed by atoms with van der Waals surface area (Å²) in [6, 6.07) is 9.98. The molecule has 110 valence electrons. The molecule has 0 saturated carbocycles. The first-order valence-corrected chi connectivity index (χ1v) is 7.20. The lowest BCUT2D eigenvalue weighted by Crippen LogP contribution is -2.38. The van der Waals surface area contributed by atoms with Gasteiger partial charge < -0.3 is 9.64 Å². The first-order valence-electron chi connectivity index (χ1n) is 7.20. The van der Waals surface area contributed by atoms with E-state index in [1.165, 1.54) is 0 Å². The summed E-state index contributed by atoms with van der Waals surface area (Å²) in [5, 5.41) is 0. The van der Waals surface area contributed by atoms with Gasteiger partial charge in [0.15, 0.2) is 0 Å². The standard InChI is InChI=1S/C16H19N3O2/c1-12-14(11-13-5-3-2-4-6-13)15(20)18-16(17-12)19-7-9-21-10-8-19/h2-6H,7-11H2,1H3,(H,17,18,20). The van der Waals surface area contributed by atoms with Crippen LogP contribution in [0.5, 0.6) is 0 Å². The molecule has 0 radical (unpaired) electrons. The number of ether oxygens (including phenoxy) is 1. The van der Waals surface area contributed by atoms with E-state index in [9.17, 15) is 4.79 Å². The van der Waals surface area contributed by atoms with Crippen molar-refractivity contribution in [3.05, 3.63) is 57.5 Å². The number of hydrogen-bond acceptors (Lipinski definition) is 4. The van der Waals surface area contributed by atoms with Crippen LogP contribution in [0.15, 0.2) is 35.1 Å². The van der Waals surface area contributed by atoms with Crippen molar-refractivity contribution in [1.29, 1.82) is 0 Å². The maximum absolute atomic E-state index is 12.4. The molecule has 0 spiro atoms. The molecule has 21 heavy (non-hydrogen) atoms. The Bertz CT molecular complexity index is 661. The van der Waals surface area contributed by atoms with Crippen molar-refractivity contribution < 1.29 is 4.74 Å². The number of rotatable bonds is 3. The van der Waals surface area contributed by atoms with E-state index >= 15 is 0 Å². The van der Waals surface area contributed by atoms with Gasteiger partial charge in [-0.25, -0.2) is 4.98 Å². The highest BCUT2D eigenvalue weighted by atomic mass is 16.5. The second kappa shape index (κ2) is 6.10. The highest BCUT2D eigenvalue weighted by molar-refractivity contribution is 5.35. The topological polar surface area (TPSA) is 58.2 Å². The van der Waals surface area contributed by atoms with Crippen molar-refractivity contribution in [2.24, 2.45) is 0 Å². The number of anilines is 1. The van der Waals surface area contributed by atoms with Crippen molar-refractivity contribution in [2.75, 3.05) is 31.2 Å². The highest BCUT2D eigenvalue weighted by Crippen LogP contribution is 2.13. The van der Waals surface area contributed by atoms with E-state index in [2.05, 4.69) is 14.9 Å². The van der Waals surface area contributed by atoms with Crippen LogP contribution in [0.4, 0.5) is 5.95 Å². The summed E-state index contributed by atoms with van der Waals surface area (Å²) in [6.45, 7) is 4.78. The fourth-order valence-corrected chi connectivity index (χ4v) is 2.53. The van der Waals surface area contributed by atoms with Crippen LogP contribution in [-0.4, -0.2) is 36.3 Å². The molecular formula is C16H19N3O2. The minimum absolute atomic E-state index is 0.0483. The summed E-state index contributed by atoms with van der Waals surface area (Å²) in [7, 11) is 0. The van der Waals surface area contributed by atoms with E-state index < -0.39 is 0 Å². The summed E-state index contributed by atoms with van der Waals surface area (Å²) >= 11 is 0. The van der Waals surface area contributed by atoms with Gasteiger partial charge in [0.05, 0.1) is 18.9 Å². The van der Waals surface area contributed by atoms with Crippen LogP contribution in [-0.2, 0) is 11.2 Å². The molecule has 2 heterocycles. The first kappa shape index (κ1) is 13.8. The summed E-state index contributed by atoms with van der Waals surface area (Å²) in [6.07, 6.45) is 0.610. The van der Waals surface area contributed by atoms with Crippen LogP contribution < -0.4 is 10.5 Å². The second-order valence-corrected chi connectivity index (χ2v) is 5.22. The number of benzene rings is 1. The maximum Gasteiger partial charge on any atom is 0.256 e. The Morgan fingerprint density at radius 3 is 2.62 bits per heavy atom. The quantitative estimate of drug-likeness (QED) is 0.928. The lowest BCUT2D eigenvalue weighted by atomic mass is 10.1. The number of nitrogens with zero attached hydrogens (tertiary/aromatic N) is 2. The van der Waals surface area contributed by atoms with Crippen molar-refractivity contribution in [3.63, 3.8) is 0 Å². The average Bonchev–Trinajstić information content (AvgIpc) is 2.52. The number of aromatic nitrogens is 2. The van der Waals surface area contributed by atoms with Crippen molar-refractivity contribution in [3.8, 4) is 0 Å². The van der Waals surface area contributed by atoms with Crippen LogP contribution >= 0.6 is 0 Å². The van der Waals surface area contributed by atoms with Gasteiger partial charge in [-0.3, -0.25) is 9.78 Å². The molecule has 2 aromatic rings. The minimum atomic E-state index is -0.0483. The number of H-pyrrole nitrogens is 1. The zero-order valence-electron chi connectivity index (χ0n) is 12.1. The molecule has 0 bridgehead atoms. The predicted octanol–water partition coefficient (Wildman–Crippen LogP) is 1.51. The Kier molecular flexibility index (Phi) is 4.01. The van der Waals surface area contributed by atoms with Crippen LogP contribution in [0.1, 0.15) is 16.8 Å². The minimum Gasteiger partial charge on any atom is -0.378 e. The van der Waals surface area contributed by atoms with Crippen molar-refractivity contribution in [2.45, 2.75) is 13.3 Å². The van der Waals surface area contributed by atoms with Gasteiger partial charge in [0.2, 0.25) is 5.95 Å². The summed E-state index contributed by atoms with van der Waals surface area (Å²) in [5.74, 6) is 0.651. The Hall–Kier alpha value is -2.14. The Labute approximate surface area is 123 Å². The van der Waals surface area contributed by atoms with Crippen LogP contribution in [0.2, 0.25) is 0 Å². The van der Waals surface area contributed by atoms with Gasteiger partial charge in [0, 0.05) is 25.1 Å². The number of morpholine rings is 1. The summed E-state index contributed by atoms with van der Waals surface area (Å²) < 4.78 is 5.32. The molecule has 1 fully saturated rings. The van der Waals surface area contributed by atoms with E-state index in [-0.39, 0.29) is 5.56 Å². The van der Waals surface area contributed by atoms with Crippen LogP contribution in [0.25, 0.3) is 0 Å². The van der Waals surface area contributed by atoms with E-state index in [0.29, 0.717) is 25.6 Å². The molecule has 1 aliphatic rings. The average molecular weight is 285 g/mol. The lowest BCUT2D eigenvalue weighted by molar-refractivity contribution is 0.122. The molecule has 0 amide bonds. The number of hydrogen-bond donors (Lipinski definition) is 1. The normalized spacial score (nSPS) is 15.2. The fourth-order valence-electron chi connectivity index (χ4n) is 2.53. The second-order valence-electron chi connectivity index (χ2n) is 5.22. The third-order valence-electron chi connectivity index (χ3n) is 3.74. The van der Waals surface area contributed by atoms with E-state index in [0.717, 1.165) is 29.9 Å². The summed E-state index contributed by atoms with van der Waals surface area (Å²) in [4.78, 5) is 21.9. The maximum atomic E-state index is 12.4. The lowest BCUT2D eigenvalue weighted by Gasteiger charge is -2.27. The molecule has 3 rings (SSSR count). The zero-order chi connectivity index (χ0) is 14.7. The molecule has 1 N–H and O–H groups in total. The van der Waals surface area contributed by atoms with Gasteiger partial charge in [-0.15, -0.1) is 0 Å². The fraction of sp³-hybridized carbons (Fsp3) is 0.375. The van der Waals surface area contributed by atoms with Crippen molar-refractivity contribution >= 4 is 5.95 Å². The monoisotopic (exact) mass is 285 g/mol. The van der Waals surface area contributed by atoms with E-state index in [4.69, 9.17) is 4.74 Å². The van der Waals surface area contributed by atoms with Crippen molar-refractivity contribution in [1.82, 2.24) is 9.97 Å². The third kappa shape index (κ3) is 3.13. The van der Waals surface area contributed by atoms with Crippen LogP contribution in [0.3, 0.4) is 0 Å². The molecule has 1 aliphatic heterocycles.